The molecule has 43 heavy (non-hydrogen) atoms. The summed E-state index contributed by atoms with van der Waals surface area (Å²) in [4.78, 5) is 0. The first-order valence-corrected chi connectivity index (χ1v) is 19.6. The molecule has 1 aliphatic rings. The van der Waals surface area contributed by atoms with Crippen molar-refractivity contribution in [3.05, 3.63) is 24.3 Å². The molecule has 0 atom stereocenters. The summed E-state index contributed by atoms with van der Waals surface area (Å²) >= 11 is 0. The van der Waals surface area contributed by atoms with Crippen molar-refractivity contribution in [1.29, 1.82) is 0 Å². The fourth-order valence-electron chi connectivity index (χ4n) is 6.68. The molecule has 0 N–H and O–H groups in total. The van der Waals surface area contributed by atoms with Gasteiger partial charge in [0.15, 0.2) is 0 Å². The molecule has 2 nitrogen and oxygen atoms in total. The maximum atomic E-state index is 5.76. The number of ether oxygens (including phenoxy) is 1. The van der Waals surface area contributed by atoms with E-state index < -0.39 is 0 Å². The van der Waals surface area contributed by atoms with Gasteiger partial charge in [0, 0.05) is 0 Å². The molecule has 0 aromatic rings. The van der Waals surface area contributed by atoms with Gasteiger partial charge in [-0.05, 0) is 77.0 Å². The van der Waals surface area contributed by atoms with Gasteiger partial charge in [-0.1, -0.05) is 141 Å². The Morgan fingerprint density at radius 2 is 0.674 bits per heavy atom. The minimum absolute atomic E-state index is 0. The molecule has 0 unspecified atom stereocenters. The van der Waals surface area contributed by atoms with Crippen LogP contribution in [0.25, 0.3) is 0 Å². The number of unbranched alkanes of at least 4 members (excludes halogenated alkanes) is 24. The van der Waals surface area contributed by atoms with Crippen LogP contribution in [0.3, 0.4) is 0 Å². The second kappa shape index (κ2) is 34.6. The Hall–Kier alpha value is -0.310. The lowest BCUT2D eigenvalue weighted by atomic mass is 10.1. The minimum Gasteiger partial charge on any atom is -1.00 e. The van der Waals surface area contributed by atoms with E-state index in [1.54, 1.807) is 0 Å². The van der Waals surface area contributed by atoms with Gasteiger partial charge in [-0.25, -0.2) is 0 Å². The molecule has 256 valence electrons. The Bertz CT molecular complexity index is 539. The Morgan fingerprint density at radius 1 is 0.395 bits per heavy atom. The van der Waals surface area contributed by atoms with Gasteiger partial charge >= 0.3 is 0 Å². The van der Waals surface area contributed by atoms with Crippen molar-refractivity contribution in [2.45, 2.75) is 194 Å². The van der Waals surface area contributed by atoms with Gasteiger partial charge in [0.25, 0.3) is 0 Å². The highest BCUT2D eigenvalue weighted by molar-refractivity contribution is 4.82. The van der Waals surface area contributed by atoms with E-state index in [-0.39, 0.29) is 12.4 Å². The lowest BCUT2D eigenvalue weighted by Gasteiger charge is -2.41. The van der Waals surface area contributed by atoms with Crippen LogP contribution in [-0.4, -0.2) is 43.9 Å². The zero-order valence-electron chi connectivity index (χ0n) is 29.6. The van der Waals surface area contributed by atoms with Crippen LogP contribution in [-0.2, 0) is 4.74 Å². The second-order valence-corrected chi connectivity index (χ2v) is 13.7. The van der Waals surface area contributed by atoms with Crippen molar-refractivity contribution in [3.8, 4) is 0 Å². The summed E-state index contributed by atoms with van der Waals surface area (Å²) in [7, 11) is 0. The van der Waals surface area contributed by atoms with E-state index in [9.17, 15) is 0 Å². The molecule has 1 saturated heterocycles. The monoisotopic (exact) mass is 624 g/mol. The van der Waals surface area contributed by atoms with Gasteiger partial charge in [-0.2, -0.15) is 0 Å². The third-order valence-corrected chi connectivity index (χ3v) is 9.71. The van der Waals surface area contributed by atoms with Crippen LogP contribution in [0, 0.1) is 0 Å². The first-order chi connectivity index (χ1) is 20.8. The Labute approximate surface area is 278 Å². The highest BCUT2D eigenvalue weighted by Crippen LogP contribution is 2.18. The smallest absolute Gasteiger partial charge is 0.102 e. The van der Waals surface area contributed by atoms with E-state index in [1.807, 2.05) is 0 Å². The fourth-order valence-corrected chi connectivity index (χ4v) is 6.68. The molecule has 0 bridgehead atoms. The first-order valence-electron chi connectivity index (χ1n) is 19.6. The van der Waals surface area contributed by atoms with Crippen molar-refractivity contribution in [3.63, 3.8) is 0 Å². The number of hydrogen-bond donors (Lipinski definition) is 0. The molecule has 0 amide bonds. The van der Waals surface area contributed by atoms with Crippen molar-refractivity contribution >= 4 is 0 Å². The predicted octanol–water partition coefficient (Wildman–Crippen LogP) is 9.91. The van der Waals surface area contributed by atoms with Crippen molar-refractivity contribution in [1.82, 2.24) is 0 Å². The number of nitrogens with zero attached hydrogens (tertiary/aromatic N) is 1. The zero-order chi connectivity index (χ0) is 30.1. The van der Waals surface area contributed by atoms with Crippen LogP contribution < -0.4 is 12.4 Å². The number of quaternary nitrogens is 1. The Balaban J connectivity index is 0.0000176. The molecule has 0 spiro atoms. The molecule has 1 heterocycles. The van der Waals surface area contributed by atoms with E-state index in [0.717, 1.165) is 13.2 Å². The maximum absolute atomic E-state index is 5.76. The standard InChI is InChI=1S/C40H78NO.ClH/c1-3-5-7-9-11-13-15-17-19-21-23-25-27-29-31-33-35-41(37-39-42-40-38-41)36-34-32-30-28-26-24-22-20-18-16-14-12-10-8-6-4-2;/h17-20H,3-16,21-40H2,1-2H3;1H/q+1;/p-1. The number of hydrogen-bond acceptors (Lipinski definition) is 1. The van der Waals surface area contributed by atoms with Gasteiger partial charge in [0.1, 0.15) is 13.1 Å². The average Bonchev–Trinajstić information content (AvgIpc) is 3.01. The molecule has 1 aliphatic heterocycles. The molecule has 0 radical (unpaired) electrons. The van der Waals surface area contributed by atoms with E-state index in [4.69, 9.17) is 4.74 Å². The van der Waals surface area contributed by atoms with Crippen molar-refractivity contribution < 1.29 is 21.6 Å². The summed E-state index contributed by atoms with van der Waals surface area (Å²) < 4.78 is 7.12. The summed E-state index contributed by atoms with van der Waals surface area (Å²) in [5.41, 5.74) is 0. The molecule has 3 heteroatoms. The van der Waals surface area contributed by atoms with Crippen molar-refractivity contribution in [2.75, 3.05) is 39.4 Å². The summed E-state index contributed by atoms with van der Waals surface area (Å²) in [6.45, 7) is 11.9. The van der Waals surface area contributed by atoms with Crippen LogP contribution in [0.1, 0.15) is 194 Å². The largest absolute Gasteiger partial charge is 1.00 e. The molecule has 1 fully saturated rings. The van der Waals surface area contributed by atoms with Gasteiger partial charge in [0.2, 0.25) is 0 Å². The SMILES string of the molecule is CCCCCCCCC=CCCCCCCCC[N+]1(CCCCCCCCC=CCCCCCCCC)CCOCC1.[Cl-]. The molecule has 0 aromatic carbocycles. The lowest BCUT2D eigenvalue weighted by Crippen LogP contribution is -3.00. The van der Waals surface area contributed by atoms with Gasteiger partial charge in [-0.15, -0.1) is 0 Å². The van der Waals surface area contributed by atoms with Crippen LogP contribution in [0.2, 0.25) is 0 Å². The zero-order valence-corrected chi connectivity index (χ0v) is 30.3. The summed E-state index contributed by atoms with van der Waals surface area (Å²) in [6, 6.07) is 0. The minimum atomic E-state index is 0. The van der Waals surface area contributed by atoms with E-state index in [1.165, 1.54) is 210 Å². The average molecular weight is 625 g/mol. The maximum Gasteiger partial charge on any atom is 0.102 e. The molecule has 0 saturated carbocycles. The third-order valence-electron chi connectivity index (χ3n) is 9.71. The number of morpholine rings is 1. The topological polar surface area (TPSA) is 9.23 Å². The summed E-state index contributed by atoms with van der Waals surface area (Å²) in [5, 5.41) is 0. The van der Waals surface area contributed by atoms with E-state index in [2.05, 4.69) is 38.2 Å². The molecule has 0 aliphatic carbocycles. The van der Waals surface area contributed by atoms with Gasteiger partial charge in [0.05, 0.1) is 26.3 Å². The summed E-state index contributed by atoms with van der Waals surface area (Å²) in [5.74, 6) is 0. The van der Waals surface area contributed by atoms with Crippen LogP contribution in [0.4, 0.5) is 0 Å². The first kappa shape index (κ1) is 42.7. The molecule has 1 rings (SSSR count). The third kappa shape index (κ3) is 28.9. The van der Waals surface area contributed by atoms with E-state index >= 15 is 0 Å². The fraction of sp³-hybridized carbons (Fsp3) is 0.900. The van der Waals surface area contributed by atoms with Gasteiger partial charge < -0.3 is 21.6 Å². The van der Waals surface area contributed by atoms with E-state index in [0.29, 0.717) is 0 Å². The number of rotatable bonds is 32. The molecule has 0 aromatic heterocycles. The Kier molecular flexibility index (Phi) is 34.3. The summed E-state index contributed by atoms with van der Waals surface area (Å²) in [6.07, 6.45) is 49.0. The van der Waals surface area contributed by atoms with Crippen LogP contribution in [0.15, 0.2) is 24.3 Å². The number of halogens is 1. The lowest BCUT2D eigenvalue weighted by molar-refractivity contribution is -0.935. The predicted molar refractivity (Wildman–Crippen MR) is 189 cm³/mol. The number of allylic oxidation sites excluding steroid dienone is 4. The van der Waals surface area contributed by atoms with Crippen LogP contribution >= 0.6 is 0 Å². The Morgan fingerprint density at radius 3 is 1.00 bits per heavy atom. The highest BCUT2D eigenvalue weighted by Gasteiger charge is 2.29. The van der Waals surface area contributed by atoms with Gasteiger partial charge in [-0.3, -0.25) is 0 Å². The van der Waals surface area contributed by atoms with Crippen LogP contribution in [0.5, 0.6) is 0 Å². The quantitative estimate of drug-likeness (QED) is 0.0411. The highest BCUT2D eigenvalue weighted by atomic mass is 35.5. The van der Waals surface area contributed by atoms with Crippen molar-refractivity contribution in [2.24, 2.45) is 0 Å². The molecular formula is C40H78ClNO. The second-order valence-electron chi connectivity index (χ2n) is 13.7. The normalized spacial score (nSPS) is 15.0. The molecular weight excluding hydrogens is 546 g/mol.